The Morgan fingerprint density at radius 3 is 2.71 bits per heavy atom. The molecule has 1 rings (SSSR count). The maximum absolute atomic E-state index is 8.81. The lowest BCUT2D eigenvalue weighted by Crippen LogP contribution is -1.96. The summed E-state index contributed by atoms with van der Waals surface area (Å²) in [4.78, 5) is 0. The summed E-state index contributed by atoms with van der Waals surface area (Å²) in [6.07, 6.45) is 2.38. The van der Waals surface area contributed by atoms with Gasteiger partial charge in [-0.25, -0.2) is 0 Å². The number of nitriles is 1. The molecule has 0 heterocycles. The molecule has 0 saturated heterocycles. The minimum absolute atomic E-state index is 0.563. The van der Waals surface area contributed by atoms with E-state index in [4.69, 9.17) is 5.26 Å². The van der Waals surface area contributed by atoms with Crippen LogP contribution in [0.2, 0.25) is 0 Å². The molecule has 0 aliphatic heterocycles. The van der Waals surface area contributed by atoms with E-state index >= 15 is 0 Å². The standard InChI is InChI=1S/C13H17N/c1-4-5-10(2)13-8-12(9-14)7-6-11(13)3/h6-8,10H,4-5H2,1-3H3. The van der Waals surface area contributed by atoms with Gasteiger partial charge in [0.1, 0.15) is 0 Å². The maximum Gasteiger partial charge on any atom is 0.0991 e. The molecular formula is C13H17N. The first kappa shape index (κ1) is 10.8. The van der Waals surface area contributed by atoms with Crippen molar-refractivity contribution in [3.05, 3.63) is 34.9 Å². The molecule has 1 aromatic carbocycles. The Morgan fingerprint density at radius 2 is 2.14 bits per heavy atom. The smallest absolute Gasteiger partial charge is 0.0991 e. The predicted octanol–water partition coefficient (Wildman–Crippen LogP) is 3.77. The third kappa shape index (κ3) is 2.35. The van der Waals surface area contributed by atoms with Crippen LogP contribution in [0.5, 0.6) is 0 Å². The summed E-state index contributed by atoms with van der Waals surface area (Å²) in [5.41, 5.74) is 3.39. The van der Waals surface area contributed by atoms with Crippen molar-refractivity contribution in [3.8, 4) is 6.07 Å². The second kappa shape index (κ2) is 4.81. The zero-order valence-corrected chi connectivity index (χ0v) is 9.17. The van der Waals surface area contributed by atoms with Crippen molar-refractivity contribution >= 4 is 0 Å². The zero-order valence-electron chi connectivity index (χ0n) is 9.17. The van der Waals surface area contributed by atoms with Gasteiger partial charge in [0.2, 0.25) is 0 Å². The second-order valence-corrected chi connectivity index (χ2v) is 3.87. The lowest BCUT2D eigenvalue weighted by Gasteiger charge is -2.13. The highest BCUT2D eigenvalue weighted by Crippen LogP contribution is 2.24. The van der Waals surface area contributed by atoms with E-state index in [0.717, 1.165) is 5.56 Å². The highest BCUT2D eigenvalue weighted by Gasteiger charge is 2.07. The van der Waals surface area contributed by atoms with Gasteiger partial charge in [0.25, 0.3) is 0 Å². The largest absolute Gasteiger partial charge is 0.192 e. The topological polar surface area (TPSA) is 23.8 Å². The second-order valence-electron chi connectivity index (χ2n) is 3.87. The molecule has 0 spiro atoms. The highest BCUT2D eigenvalue weighted by molar-refractivity contribution is 5.39. The van der Waals surface area contributed by atoms with Gasteiger partial charge >= 0.3 is 0 Å². The molecule has 0 aliphatic rings. The number of benzene rings is 1. The van der Waals surface area contributed by atoms with Crippen molar-refractivity contribution in [2.75, 3.05) is 0 Å². The van der Waals surface area contributed by atoms with Gasteiger partial charge in [-0.05, 0) is 42.5 Å². The molecule has 1 atom stereocenters. The fourth-order valence-corrected chi connectivity index (χ4v) is 1.83. The van der Waals surface area contributed by atoms with Crippen molar-refractivity contribution in [3.63, 3.8) is 0 Å². The Hall–Kier alpha value is -1.29. The SMILES string of the molecule is CCCC(C)c1cc(C#N)ccc1C. The van der Waals surface area contributed by atoms with Crippen molar-refractivity contribution in [1.29, 1.82) is 5.26 Å². The lowest BCUT2D eigenvalue weighted by atomic mass is 9.91. The first-order valence-corrected chi connectivity index (χ1v) is 5.19. The summed E-state index contributed by atoms with van der Waals surface area (Å²) in [7, 11) is 0. The number of hydrogen-bond donors (Lipinski definition) is 0. The van der Waals surface area contributed by atoms with E-state index in [0.29, 0.717) is 5.92 Å². The van der Waals surface area contributed by atoms with Crippen LogP contribution in [0, 0.1) is 18.3 Å². The Bertz CT molecular complexity index is 347. The Morgan fingerprint density at radius 1 is 1.43 bits per heavy atom. The molecule has 0 N–H and O–H groups in total. The van der Waals surface area contributed by atoms with Crippen LogP contribution < -0.4 is 0 Å². The van der Waals surface area contributed by atoms with Gasteiger partial charge in [-0.1, -0.05) is 26.3 Å². The molecule has 0 fully saturated rings. The van der Waals surface area contributed by atoms with Gasteiger partial charge in [0, 0.05) is 0 Å². The minimum Gasteiger partial charge on any atom is -0.192 e. The molecule has 0 amide bonds. The fraction of sp³-hybridized carbons (Fsp3) is 0.462. The molecule has 0 bridgehead atoms. The van der Waals surface area contributed by atoms with Crippen LogP contribution in [-0.2, 0) is 0 Å². The van der Waals surface area contributed by atoms with Crippen molar-refractivity contribution in [2.24, 2.45) is 0 Å². The van der Waals surface area contributed by atoms with Gasteiger partial charge in [-0.2, -0.15) is 5.26 Å². The Labute approximate surface area is 86.4 Å². The molecule has 0 radical (unpaired) electrons. The summed E-state index contributed by atoms with van der Waals surface area (Å²) < 4.78 is 0. The predicted molar refractivity (Wildman–Crippen MR) is 59.2 cm³/mol. The third-order valence-corrected chi connectivity index (χ3v) is 2.66. The fourth-order valence-electron chi connectivity index (χ4n) is 1.83. The zero-order chi connectivity index (χ0) is 10.6. The van der Waals surface area contributed by atoms with E-state index < -0.39 is 0 Å². The van der Waals surface area contributed by atoms with Gasteiger partial charge in [0.15, 0.2) is 0 Å². The van der Waals surface area contributed by atoms with Crippen LogP contribution in [0.3, 0.4) is 0 Å². The van der Waals surface area contributed by atoms with Crippen molar-refractivity contribution in [2.45, 2.75) is 39.5 Å². The molecule has 0 saturated carbocycles. The normalized spacial score (nSPS) is 12.1. The number of aryl methyl sites for hydroxylation is 1. The van der Waals surface area contributed by atoms with Crippen LogP contribution >= 0.6 is 0 Å². The molecular weight excluding hydrogens is 170 g/mol. The molecule has 0 aliphatic carbocycles. The summed E-state index contributed by atoms with van der Waals surface area (Å²) in [5, 5.41) is 8.81. The molecule has 1 heteroatoms. The van der Waals surface area contributed by atoms with Crippen LogP contribution in [0.1, 0.15) is 49.3 Å². The average molecular weight is 187 g/mol. The first-order valence-electron chi connectivity index (χ1n) is 5.19. The summed E-state index contributed by atoms with van der Waals surface area (Å²) >= 11 is 0. The van der Waals surface area contributed by atoms with E-state index in [1.165, 1.54) is 24.0 Å². The first-order chi connectivity index (χ1) is 6.69. The maximum atomic E-state index is 8.81. The van der Waals surface area contributed by atoms with Gasteiger partial charge < -0.3 is 0 Å². The van der Waals surface area contributed by atoms with Gasteiger partial charge in [0.05, 0.1) is 11.6 Å². The summed E-state index contributed by atoms with van der Waals surface area (Å²) in [5.74, 6) is 0.563. The van der Waals surface area contributed by atoms with E-state index in [2.05, 4.69) is 26.8 Å². The lowest BCUT2D eigenvalue weighted by molar-refractivity contribution is 0.661. The van der Waals surface area contributed by atoms with Crippen LogP contribution in [-0.4, -0.2) is 0 Å². The van der Waals surface area contributed by atoms with Gasteiger partial charge in [-0.15, -0.1) is 0 Å². The Kier molecular flexibility index (Phi) is 3.71. The average Bonchev–Trinajstić information content (AvgIpc) is 2.19. The van der Waals surface area contributed by atoms with Crippen molar-refractivity contribution in [1.82, 2.24) is 0 Å². The van der Waals surface area contributed by atoms with E-state index in [9.17, 15) is 0 Å². The molecule has 1 nitrogen and oxygen atoms in total. The van der Waals surface area contributed by atoms with Crippen LogP contribution in [0.4, 0.5) is 0 Å². The molecule has 14 heavy (non-hydrogen) atoms. The molecule has 0 aromatic heterocycles. The summed E-state index contributed by atoms with van der Waals surface area (Å²) in [6.45, 7) is 6.54. The van der Waals surface area contributed by atoms with Gasteiger partial charge in [-0.3, -0.25) is 0 Å². The minimum atomic E-state index is 0.563. The number of rotatable bonds is 3. The molecule has 1 aromatic rings. The van der Waals surface area contributed by atoms with E-state index in [1.54, 1.807) is 0 Å². The molecule has 74 valence electrons. The summed E-state index contributed by atoms with van der Waals surface area (Å²) in [6, 6.07) is 8.14. The Balaban J connectivity index is 3.01. The monoisotopic (exact) mass is 187 g/mol. The number of nitrogens with zero attached hydrogens (tertiary/aromatic N) is 1. The van der Waals surface area contributed by atoms with Crippen LogP contribution in [0.25, 0.3) is 0 Å². The molecule has 1 unspecified atom stereocenters. The van der Waals surface area contributed by atoms with Crippen molar-refractivity contribution < 1.29 is 0 Å². The third-order valence-electron chi connectivity index (χ3n) is 2.66. The highest BCUT2D eigenvalue weighted by atomic mass is 14.2. The van der Waals surface area contributed by atoms with E-state index in [1.807, 2.05) is 18.2 Å². The number of hydrogen-bond acceptors (Lipinski definition) is 1. The van der Waals surface area contributed by atoms with E-state index in [-0.39, 0.29) is 0 Å². The quantitative estimate of drug-likeness (QED) is 0.706. The van der Waals surface area contributed by atoms with Crippen LogP contribution in [0.15, 0.2) is 18.2 Å².